The molecule has 1 aromatic carbocycles. The fraction of sp³-hybridized carbons (Fsp3) is 0.154. The zero-order chi connectivity index (χ0) is 13.1. The molecule has 5 heteroatoms. The van der Waals surface area contributed by atoms with Crippen molar-refractivity contribution in [2.75, 3.05) is 5.32 Å². The van der Waals surface area contributed by atoms with Crippen molar-refractivity contribution in [1.82, 2.24) is 4.98 Å². The number of nitrogens with one attached hydrogen (secondary N) is 1. The Morgan fingerprint density at radius 1 is 1.22 bits per heavy atom. The summed E-state index contributed by atoms with van der Waals surface area (Å²) in [4.78, 5) is 3.93. The summed E-state index contributed by atoms with van der Waals surface area (Å²) in [7, 11) is 0. The minimum atomic E-state index is -1.21. The molecule has 1 aromatic heterocycles. The third kappa shape index (κ3) is 2.61. The quantitative estimate of drug-likeness (QED) is 0.847. The maximum absolute atomic E-state index is 13.4. The molecule has 0 radical (unpaired) electrons. The molecule has 0 aliphatic carbocycles. The smallest absolute Gasteiger partial charge is 0.182 e. The van der Waals surface area contributed by atoms with E-state index >= 15 is 0 Å². The average molecular weight is 252 g/mol. The number of aryl methyl sites for hydroxylation is 1. The molecule has 0 saturated carbocycles. The monoisotopic (exact) mass is 252 g/mol. The van der Waals surface area contributed by atoms with Gasteiger partial charge in [-0.3, -0.25) is 4.98 Å². The molecule has 0 aliphatic rings. The van der Waals surface area contributed by atoms with Crippen LogP contribution < -0.4 is 5.32 Å². The van der Waals surface area contributed by atoms with Crippen LogP contribution in [0.2, 0.25) is 0 Å². The molecule has 0 unspecified atom stereocenters. The van der Waals surface area contributed by atoms with Crippen LogP contribution in [0.3, 0.4) is 0 Å². The van der Waals surface area contributed by atoms with E-state index in [1.54, 1.807) is 18.5 Å². The van der Waals surface area contributed by atoms with E-state index in [1.807, 2.05) is 6.92 Å². The van der Waals surface area contributed by atoms with Crippen LogP contribution in [0.25, 0.3) is 0 Å². The molecular formula is C13H11F3N2. The Morgan fingerprint density at radius 2 is 2.00 bits per heavy atom. The lowest BCUT2D eigenvalue weighted by Crippen LogP contribution is -2.05. The molecule has 0 aliphatic heterocycles. The molecule has 1 heterocycles. The summed E-state index contributed by atoms with van der Waals surface area (Å²) in [6, 6.07) is 3.24. The Morgan fingerprint density at radius 3 is 2.72 bits per heavy atom. The van der Waals surface area contributed by atoms with Gasteiger partial charge in [-0.2, -0.15) is 0 Å². The van der Waals surface area contributed by atoms with Gasteiger partial charge in [0.15, 0.2) is 11.6 Å². The van der Waals surface area contributed by atoms with Crippen LogP contribution in [0, 0.1) is 24.4 Å². The van der Waals surface area contributed by atoms with Gasteiger partial charge in [0.1, 0.15) is 5.82 Å². The van der Waals surface area contributed by atoms with Crippen LogP contribution in [0.1, 0.15) is 11.1 Å². The van der Waals surface area contributed by atoms with E-state index in [0.29, 0.717) is 6.07 Å². The lowest BCUT2D eigenvalue weighted by atomic mass is 10.1. The van der Waals surface area contributed by atoms with E-state index in [0.717, 1.165) is 17.2 Å². The van der Waals surface area contributed by atoms with Crippen molar-refractivity contribution >= 4 is 5.69 Å². The standard InChI is InChI=1S/C13H11F3N2/c1-8-2-3-17-6-9(8)7-18-12-5-10(14)4-11(15)13(12)16/h2-6,18H,7H2,1H3. The molecule has 0 spiro atoms. The Hall–Kier alpha value is -2.04. The first-order valence-electron chi connectivity index (χ1n) is 5.36. The molecule has 94 valence electrons. The molecule has 2 aromatic rings. The molecule has 0 bridgehead atoms. The van der Waals surface area contributed by atoms with Gasteiger partial charge in [-0.05, 0) is 24.1 Å². The third-order valence-electron chi connectivity index (χ3n) is 2.61. The predicted octanol–water partition coefficient (Wildman–Crippen LogP) is 3.42. The van der Waals surface area contributed by atoms with Gasteiger partial charge in [-0.25, -0.2) is 13.2 Å². The number of rotatable bonds is 3. The lowest BCUT2D eigenvalue weighted by Gasteiger charge is -2.09. The van der Waals surface area contributed by atoms with Crippen LogP contribution in [0.15, 0.2) is 30.6 Å². The van der Waals surface area contributed by atoms with Gasteiger partial charge in [-0.1, -0.05) is 0 Å². The van der Waals surface area contributed by atoms with Gasteiger partial charge in [0, 0.05) is 31.1 Å². The zero-order valence-electron chi connectivity index (χ0n) is 9.67. The van der Waals surface area contributed by atoms with Crippen LogP contribution in [-0.4, -0.2) is 4.98 Å². The number of pyridine rings is 1. The van der Waals surface area contributed by atoms with Crippen molar-refractivity contribution in [1.29, 1.82) is 0 Å². The fourth-order valence-corrected chi connectivity index (χ4v) is 1.56. The maximum Gasteiger partial charge on any atom is 0.182 e. The van der Waals surface area contributed by atoms with Crippen molar-refractivity contribution in [3.8, 4) is 0 Å². The van der Waals surface area contributed by atoms with Crippen LogP contribution in [-0.2, 0) is 6.54 Å². The minimum absolute atomic E-state index is 0.198. The van der Waals surface area contributed by atoms with Crippen LogP contribution in [0.5, 0.6) is 0 Å². The van der Waals surface area contributed by atoms with Gasteiger partial charge in [0.05, 0.1) is 5.69 Å². The first kappa shape index (κ1) is 12.4. The highest BCUT2D eigenvalue weighted by Gasteiger charge is 2.10. The number of anilines is 1. The second-order valence-corrected chi connectivity index (χ2v) is 3.90. The Bertz CT molecular complexity index is 570. The highest BCUT2D eigenvalue weighted by Crippen LogP contribution is 2.20. The Labute approximate surface area is 102 Å². The maximum atomic E-state index is 13.4. The fourth-order valence-electron chi connectivity index (χ4n) is 1.56. The summed E-state index contributed by atoms with van der Waals surface area (Å²) >= 11 is 0. The molecule has 18 heavy (non-hydrogen) atoms. The van der Waals surface area contributed by atoms with E-state index < -0.39 is 17.5 Å². The topological polar surface area (TPSA) is 24.9 Å². The van der Waals surface area contributed by atoms with Gasteiger partial charge in [-0.15, -0.1) is 0 Å². The second kappa shape index (κ2) is 5.08. The number of aromatic nitrogens is 1. The Kier molecular flexibility index (Phi) is 3.50. The summed E-state index contributed by atoms with van der Waals surface area (Å²) in [5.74, 6) is -3.11. The van der Waals surface area contributed by atoms with Crippen molar-refractivity contribution in [2.45, 2.75) is 13.5 Å². The van der Waals surface area contributed by atoms with Crippen LogP contribution >= 0.6 is 0 Å². The zero-order valence-corrected chi connectivity index (χ0v) is 9.67. The normalized spacial score (nSPS) is 10.4. The van der Waals surface area contributed by atoms with E-state index in [-0.39, 0.29) is 12.2 Å². The van der Waals surface area contributed by atoms with Crippen molar-refractivity contribution < 1.29 is 13.2 Å². The molecule has 2 nitrogen and oxygen atoms in total. The first-order chi connectivity index (χ1) is 8.58. The van der Waals surface area contributed by atoms with Crippen molar-refractivity contribution in [3.63, 3.8) is 0 Å². The highest BCUT2D eigenvalue weighted by molar-refractivity contribution is 5.46. The molecular weight excluding hydrogens is 241 g/mol. The Balaban J connectivity index is 2.18. The van der Waals surface area contributed by atoms with E-state index in [4.69, 9.17) is 0 Å². The van der Waals surface area contributed by atoms with Crippen molar-refractivity contribution in [2.24, 2.45) is 0 Å². The van der Waals surface area contributed by atoms with Crippen LogP contribution in [0.4, 0.5) is 18.9 Å². The van der Waals surface area contributed by atoms with Crippen molar-refractivity contribution in [3.05, 3.63) is 59.2 Å². The number of hydrogen-bond donors (Lipinski definition) is 1. The average Bonchev–Trinajstić information content (AvgIpc) is 2.33. The number of nitrogens with zero attached hydrogens (tertiary/aromatic N) is 1. The molecule has 1 N–H and O–H groups in total. The SMILES string of the molecule is Cc1ccncc1CNc1cc(F)cc(F)c1F. The molecule has 2 rings (SSSR count). The lowest BCUT2D eigenvalue weighted by molar-refractivity contribution is 0.497. The summed E-state index contributed by atoms with van der Waals surface area (Å²) in [6.45, 7) is 2.13. The summed E-state index contributed by atoms with van der Waals surface area (Å²) in [5.41, 5.74) is 1.60. The van der Waals surface area contributed by atoms with E-state index in [1.165, 1.54) is 0 Å². The first-order valence-corrected chi connectivity index (χ1v) is 5.36. The molecule has 0 saturated heterocycles. The predicted molar refractivity (Wildman–Crippen MR) is 62.6 cm³/mol. The second-order valence-electron chi connectivity index (χ2n) is 3.90. The van der Waals surface area contributed by atoms with Gasteiger partial charge in [0.2, 0.25) is 0 Å². The van der Waals surface area contributed by atoms with E-state index in [9.17, 15) is 13.2 Å². The van der Waals surface area contributed by atoms with Gasteiger partial charge in [0.25, 0.3) is 0 Å². The summed E-state index contributed by atoms with van der Waals surface area (Å²) in [5, 5.41) is 2.66. The van der Waals surface area contributed by atoms with Gasteiger partial charge < -0.3 is 5.32 Å². The molecule has 0 amide bonds. The number of benzene rings is 1. The van der Waals surface area contributed by atoms with Gasteiger partial charge >= 0.3 is 0 Å². The van der Waals surface area contributed by atoms with E-state index in [2.05, 4.69) is 10.3 Å². The summed E-state index contributed by atoms with van der Waals surface area (Å²) < 4.78 is 39.3. The highest BCUT2D eigenvalue weighted by atomic mass is 19.2. The number of hydrogen-bond acceptors (Lipinski definition) is 2. The summed E-state index contributed by atoms with van der Waals surface area (Å²) in [6.07, 6.45) is 3.26. The largest absolute Gasteiger partial charge is 0.378 e. The molecule has 0 fully saturated rings. The minimum Gasteiger partial charge on any atom is -0.378 e. The number of halogens is 3. The third-order valence-corrected chi connectivity index (χ3v) is 2.61. The molecule has 0 atom stereocenters.